The summed E-state index contributed by atoms with van der Waals surface area (Å²) in [6.07, 6.45) is 0. The second-order valence-electron chi connectivity index (χ2n) is 7.26. The Kier molecular flexibility index (Phi) is 6.40. The summed E-state index contributed by atoms with van der Waals surface area (Å²) in [5.41, 5.74) is -0.354. The molecule has 3 rings (SSSR count). The summed E-state index contributed by atoms with van der Waals surface area (Å²) in [5.74, 6) is -2.09. The average molecular weight is 491 g/mol. The van der Waals surface area contributed by atoms with Crippen LogP contribution in [0.3, 0.4) is 0 Å². The topological polar surface area (TPSA) is 98.8 Å². The smallest absolute Gasteiger partial charge is 0.325 e. The monoisotopic (exact) mass is 490 g/mol. The van der Waals surface area contributed by atoms with Gasteiger partial charge in [-0.1, -0.05) is 28.1 Å². The first-order chi connectivity index (χ1) is 14.6. The number of hydrogen-bond acceptors (Lipinski definition) is 4. The molecule has 2 aromatic rings. The Morgan fingerprint density at radius 2 is 1.87 bits per heavy atom. The van der Waals surface area contributed by atoms with Crippen LogP contribution in [-0.4, -0.2) is 53.7 Å². The number of hydrogen-bond donors (Lipinski definition) is 2. The first kappa shape index (κ1) is 22.4. The van der Waals surface area contributed by atoms with Crippen molar-refractivity contribution in [3.63, 3.8) is 0 Å². The molecule has 2 aromatic carbocycles. The number of likely N-dealkylation sites (N-methyl/N-ethyl adjacent to an activating group) is 1. The number of rotatable bonds is 6. The molecule has 1 saturated heterocycles. The third-order valence-electron chi connectivity index (χ3n) is 4.90. The summed E-state index contributed by atoms with van der Waals surface area (Å²) >= 11 is 3.34. The number of urea groups is 1. The lowest BCUT2D eigenvalue weighted by Gasteiger charge is -2.23. The molecule has 1 atom stereocenters. The number of anilines is 1. The van der Waals surface area contributed by atoms with Crippen molar-refractivity contribution in [1.29, 1.82) is 0 Å². The van der Waals surface area contributed by atoms with E-state index in [1.165, 1.54) is 31.3 Å². The van der Waals surface area contributed by atoms with E-state index < -0.39 is 41.7 Å². The van der Waals surface area contributed by atoms with Gasteiger partial charge in [-0.05, 0) is 48.9 Å². The number of nitrogens with zero attached hydrogens (tertiary/aromatic N) is 2. The zero-order valence-corrected chi connectivity index (χ0v) is 18.4. The van der Waals surface area contributed by atoms with Gasteiger partial charge < -0.3 is 15.5 Å². The predicted octanol–water partition coefficient (Wildman–Crippen LogP) is 2.45. The van der Waals surface area contributed by atoms with E-state index in [2.05, 4.69) is 26.6 Å². The van der Waals surface area contributed by atoms with Crippen molar-refractivity contribution in [3.05, 3.63) is 64.4 Å². The largest absolute Gasteiger partial charge is 0.335 e. The van der Waals surface area contributed by atoms with Gasteiger partial charge >= 0.3 is 6.03 Å². The highest BCUT2D eigenvalue weighted by molar-refractivity contribution is 9.10. The van der Waals surface area contributed by atoms with Gasteiger partial charge in [0.1, 0.15) is 17.9 Å². The Morgan fingerprint density at radius 1 is 1.19 bits per heavy atom. The second kappa shape index (κ2) is 8.84. The van der Waals surface area contributed by atoms with Crippen LogP contribution in [0.25, 0.3) is 0 Å². The van der Waals surface area contributed by atoms with Crippen LogP contribution in [0.5, 0.6) is 0 Å². The van der Waals surface area contributed by atoms with E-state index in [-0.39, 0.29) is 6.54 Å². The molecule has 0 unspecified atom stereocenters. The highest BCUT2D eigenvalue weighted by Crippen LogP contribution is 2.30. The fourth-order valence-corrected chi connectivity index (χ4v) is 3.53. The van der Waals surface area contributed by atoms with Crippen molar-refractivity contribution in [2.75, 3.05) is 25.5 Å². The van der Waals surface area contributed by atoms with E-state index in [1.54, 1.807) is 31.2 Å². The van der Waals surface area contributed by atoms with Gasteiger partial charge in [0.05, 0.1) is 6.54 Å². The molecule has 1 fully saturated rings. The van der Waals surface area contributed by atoms with Gasteiger partial charge in [0, 0.05) is 17.2 Å². The Morgan fingerprint density at radius 3 is 2.52 bits per heavy atom. The normalized spacial score (nSPS) is 18.0. The molecule has 0 bridgehead atoms. The van der Waals surface area contributed by atoms with Gasteiger partial charge in [-0.3, -0.25) is 19.3 Å². The maximum Gasteiger partial charge on any atom is 0.325 e. The molecule has 0 aromatic heterocycles. The molecule has 2 N–H and O–H groups in total. The predicted molar refractivity (Wildman–Crippen MR) is 114 cm³/mol. The molecule has 1 aliphatic heterocycles. The molecule has 0 saturated carbocycles. The maximum absolute atomic E-state index is 12.9. The van der Waals surface area contributed by atoms with E-state index in [0.717, 1.165) is 14.3 Å². The van der Waals surface area contributed by atoms with Gasteiger partial charge in [-0.25, -0.2) is 9.18 Å². The summed E-state index contributed by atoms with van der Waals surface area (Å²) in [6, 6.07) is 11.5. The van der Waals surface area contributed by atoms with E-state index in [4.69, 9.17) is 0 Å². The van der Waals surface area contributed by atoms with Gasteiger partial charge in [0.2, 0.25) is 11.8 Å². The van der Waals surface area contributed by atoms with Crippen LogP contribution >= 0.6 is 15.9 Å². The van der Waals surface area contributed by atoms with Gasteiger partial charge in [0.15, 0.2) is 0 Å². The third kappa shape index (κ3) is 4.91. The van der Waals surface area contributed by atoms with Crippen molar-refractivity contribution >= 4 is 45.4 Å². The number of amides is 5. The highest BCUT2D eigenvalue weighted by Gasteiger charge is 2.49. The summed E-state index contributed by atoms with van der Waals surface area (Å²) in [6.45, 7) is 0.761. The zero-order valence-electron chi connectivity index (χ0n) is 16.8. The Hall–Kier alpha value is -3.27. The Labute approximate surface area is 186 Å². The van der Waals surface area contributed by atoms with E-state index in [1.807, 2.05) is 0 Å². The van der Waals surface area contributed by atoms with E-state index >= 15 is 0 Å². The Bertz CT molecular complexity index is 1050. The molecule has 10 heteroatoms. The molecule has 162 valence electrons. The summed E-state index contributed by atoms with van der Waals surface area (Å²) in [5, 5.41) is 5.17. The number of imide groups is 1. The zero-order chi connectivity index (χ0) is 22.8. The standard InChI is InChI=1S/C21H20BrFN4O4/c1-21(13-4-3-5-14(22)10-13)19(30)27(20(31)25-21)12-18(29)26(2)11-17(28)24-16-8-6-15(23)7-9-16/h3-10H,11-12H2,1-2H3,(H,24,28)(H,25,31)/t21-/m1/s1. The van der Waals surface area contributed by atoms with E-state index in [0.29, 0.717) is 11.3 Å². The molecule has 1 aliphatic rings. The fraction of sp³-hybridized carbons (Fsp3) is 0.238. The minimum Gasteiger partial charge on any atom is -0.335 e. The minimum atomic E-state index is -1.31. The molecular weight excluding hydrogens is 471 g/mol. The lowest BCUT2D eigenvalue weighted by Crippen LogP contribution is -2.45. The summed E-state index contributed by atoms with van der Waals surface area (Å²) < 4.78 is 13.7. The van der Waals surface area contributed by atoms with Crippen molar-refractivity contribution in [3.8, 4) is 0 Å². The van der Waals surface area contributed by atoms with Gasteiger partial charge in [-0.15, -0.1) is 0 Å². The Balaban J connectivity index is 1.62. The molecule has 0 aliphatic carbocycles. The molecular formula is C21H20BrFN4O4. The molecule has 31 heavy (non-hydrogen) atoms. The number of benzene rings is 2. The molecule has 1 heterocycles. The van der Waals surface area contributed by atoms with Crippen LogP contribution in [0.4, 0.5) is 14.9 Å². The lowest BCUT2D eigenvalue weighted by atomic mass is 9.92. The first-order valence-electron chi connectivity index (χ1n) is 9.29. The van der Waals surface area contributed by atoms with Crippen LogP contribution in [0.2, 0.25) is 0 Å². The maximum atomic E-state index is 12.9. The van der Waals surface area contributed by atoms with Crippen LogP contribution in [0, 0.1) is 5.82 Å². The van der Waals surface area contributed by atoms with Crippen molar-refractivity contribution in [2.24, 2.45) is 0 Å². The van der Waals surface area contributed by atoms with E-state index in [9.17, 15) is 23.6 Å². The minimum absolute atomic E-state index is 0.303. The molecule has 0 spiro atoms. The number of carbonyl (C=O) groups is 4. The molecule has 5 amide bonds. The quantitative estimate of drug-likeness (QED) is 0.607. The lowest BCUT2D eigenvalue weighted by molar-refractivity contribution is -0.139. The number of halogens is 2. The van der Waals surface area contributed by atoms with Crippen LogP contribution in [0.1, 0.15) is 12.5 Å². The fourth-order valence-electron chi connectivity index (χ4n) is 3.13. The van der Waals surface area contributed by atoms with Crippen molar-refractivity contribution < 1.29 is 23.6 Å². The van der Waals surface area contributed by atoms with Crippen molar-refractivity contribution in [2.45, 2.75) is 12.5 Å². The summed E-state index contributed by atoms with van der Waals surface area (Å²) in [4.78, 5) is 52.0. The van der Waals surface area contributed by atoms with Crippen LogP contribution < -0.4 is 10.6 Å². The number of carbonyl (C=O) groups excluding carboxylic acids is 4. The third-order valence-corrected chi connectivity index (χ3v) is 5.40. The summed E-state index contributed by atoms with van der Waals surface area (Å²) in [7, 11) is 1.39. The van der Waals surface area contributed by atoms with Gasteiger partial charge in [-0.2, -0.15) is 0 Å². The molecule has 0 radical (unpaired) electrons. The number of nitrogens with one attached hydrogen (secondary N) is 2. The van der Waals surface area contributed by atoms with Gasteiger partial charge in [0.25, 0.3) is 5.91 Å². The average Bonchev–Trinajstić information content (AvgIpc) is 2.93. The first-order valence-corrected chi connectivity index (χ1v) is 10.1. The SMILES string of the molecule is CN(CC(=O)Nc1ccc(F)cc1)C(=O)CN1C(=O)N[C@](C)(c2cccc(Br)c2)C1=O. The second-order valence-corrected chi connectivity index (χ2v) is 8.18. The van der Waals surface area contributed by atoms with Crippen LogP contribution in [0.15, 0.2) is 53.0 Å². The highest BCUT2D eigenvalue weighted by atomic mass is 79.9. The van der Waals surface area contributed by atoms with Crippen molar-refractivity contribution in [1.82, 2.24) is 15.1 Å². The van der Waals surface area contributed by atoms with Crippen LogP contribution in [-0.2, 0) is 19.9 Å². The molecule has 8 nitrogen and oxygen atoms in total.